The zero-order valence-electron chi connectivity index (χ0n) is 15.5. The van der Waals surface area contributed by atoms with Gasteiger partial charge in [0.25, 0.3) is 0 Å². The number of piperazine rings is 1. The highest BCUT2D eigenvalue weighted by Gasteiger charge is 2.17. The van der Waals surface area contributed by atoms with E-state index in [-0.39, 0.29) is 18.7 Å². The van der Waals surface area contributed by atoms with Crippen LogP contribution in [-0.4, -0.2) is 38.1 Å². The molecule has 0 aliphatic carbocycles. The van der Waals surface area contributed by atoms with Crippen molar-refractivity contribution in [3.8, 4) is 0 Å². The summed E-state index contributed by atoms with van der Waals surface area (Å²) in [5.41, 5.74) is 4.31. The number of anilines is 3. The zero-order valence-corrected chi connectivity index (χ0v) is 15.5. The van der Waals surface area contributed by atoms with Gasteiger partial charge in [0.05, 0.1) is 0 Å². The highest BCUT2D eigenvalue weighted by Crippen LogP contribution is 2.22. The van der Waals surface area contributed by atoms with Crippen LogP contribution in [0.1, 0.15) is 18.4 Å². The van der Waals surface area contributed by atoms with E-state index in [1.807, 2.05) is 24.3 Å². The first kappa shape index (κ1) is 18.8. The van der Waals surface area contributed by atoms with Crippen molar-refractivity contribution in [2.75, 3.05) is 41.3 Å². The van der Waals surface area contributed by atoms with Crippen molar-refractivity contribution in [1.29, 1.82) is 0 Å². The molecule has 0 unspecified atom stereocenters. The van der Waals surface area contributed by atoms with Crippen molar-refractivity contribution >= 4 is 28.9 Å². The third kappa shape index (κ3) is 5.23. The molecule has 0 spiro atoms. The minimum absolute atomic E-state index is 0.0783. The van der Waals surface area contributed by atoms with Crippen molar-refractivity contribution in [1.82, 2.24) is 0 Å². The standard InChI is InChI=1S/C21H25N3O3/c1-16-2-6-18(7-3-16)23-12-14-24(15-13-23)19-8-4-17(5-9-19)22-20(25)10-11-21(26)27/h2-9H,10-15H2,1H3,(H,22,25)(H,26,27)/p-1. The van der Waals surface area contributed by atoms with Gasteiger partial charge in [-0.05, 0) is 49.7 Å². The minimum atomic E-state index is -1.22. The Morgan fingerprint density at radius 3 is 1.81 bits per heavy atom. The Hall–Kier alpha value is -3.02. The minimum Gasteiger partial charge on any atom is -0.550 e. The Morgan fingerprint density at radius 1 is 0.852 bits per heavy atom. The molecule has 1 heterocycles. The second kappa shape index (κ2) is 8.58. The van der Waals surface area contributed by atoms with Gasteiger partial charge in [-0.15, -0.1) is 0 Å². The first-order valence-electron chi connectivity index (χ1n) is 9.17. The summed E-state index contributed by atoms with van der Waals surface area (Å²) in [6.07, 6.45) is -0.347. The van der Waals surface area contributed by atoms with E-state index in [0.717, 1.165) is 31.9 Å². The molecule has 6 heteroatoms. The summed E-state index contributed by atoms with van der Waals surface area (Å²) in [5.74, 6) is -1.54. The van der Waals surface area contributed by atoms with Gasteiger partial charge in [0.1, 0.15) is 0 Å². The van der Waals surface area contributed by atoms with Crippen LogP contribution in [0.5, 0.6) is 0 Å². The van der Waals surface area contributed by atoms with E-state index in [4.69, 9.17) is 0 Å². The number of amides is 1. The first-order valence-corrected chi connectivity index (χ1v) is 9.17. The lowest BCUT2D eigenvalue weighted by Gasteiger charge is -2.37. The number of carbonyl (C=O) groups excluding carboxylic acids is 2. The van der Waals surface area contributed by atoms with Gasteiger partial charge in [0, 0.05) is 55.6 Å². The van der Waals surface area contributed by atoms with E-state index >= 15 is 0 Å². The lowest BCUT2D eigenvalue weighted by Crippen LogP contribution is -2.46. The van der Waals surface area contributed by atoms with Gasteiger partial charge in [-0.2, -0.15) is 0 Å². The largest absolute Gasteiger partial charge is 0.550 e. The van der Waals surface area contributed by atoms with Gasteiger partial charge < -0.3 is 25.0 Å². The average molecular weight is 366 g/mol. The van der Waals surface area contributed by atoms with Gasteiger partial charge in [0.2, 0.25) is 5.91 Å². The predicted molar refractivity (Wildman–Crippen MR) is 105 cm³/mol. The molecule has 2 aromatic rings. The molecule has 2 aromatic carbocycles. The van der Waals surface area contributed by atoms with Crippen molar-refractivity contribution < 1.29 is 14.7 Å². The maximum Gasteiger partial charge on any atom is 0.224 e. The maximum atomic E-state index is 11.7. The van der Waals surface area contributed by atoms with Gasteiger partial charge in [-0.1, -0.05) is 17.7 Å². The number of carboxylic acid groups (broad SMARTS) is 1. The summed E-state index contributed by atoms with van der Waals surface area (Å²) < 4.78 is 0. The number of aliphatic carboxylic acids is 1. The van der Waals surface area contributed by atoms with Gasteiger partial charge in [-0.25, -0.2) is 0 Å². The average Bonchev–Trinajstić information content (AvgIpc) is 2.68. The highest BCUT2D eigenvalue weighted by atomic mass is 16.4. The van der Waals surface area contributed by atoms with Crippen molar-refractivity contribution in [2.45, 2.75) is 19.8 Å². The molecular formula is C21H24N3O3-. The molecule has 1 aliphatic heterocycles. The molecule has 0 aromatic heterocycles. The smallest absolute Gasteiger partial charge is 0.224 e. The Labute approximate surface area is 159 Å². The zero-order chi connectivity index (χ0) is 19.2. The van der Waals surface area contributed by atoms with Gasteiger partial charge in [0.15, 0.2) is 0 Å². The predicted octanol–water partition coefficient (Wildman–Crippen LogP) is 1.79. The van der Waals surface area contributed by atoms with Crippen LogP contribution in [0.15, 0.2) is 48.5 Å². The lowest BCUT2D eigenvalue weighted by atomic mass is 10.2. The van der Waals surface area contributed by atoms with E-state index in [1.165, 1.54) is 11.3 Å². The molecule has 0 atom stereocenters. The molecule has 1 saturated heterocycles. The first-order chi connectivity index (χ1) is 13.0. The Balaban J connectivity index is 1.52. The van der Waals surface area contributed by atoms with Crippen LogP contribution in [0.25, 0.3) is 0 Å². The summed E-state index contributed by atoms with van der Waals surface area (Å²) in [4.78, 5) is 26.8. The summed E-state index contributed by atoms with van der Waals surface area (Å²) >= 11 is 0. The molecule has 27 heavy (non-hydrogen) atoms. The monoisotopic (exact) mass is 366 g/mol. The molecule has 0 saturated carbocycles. The van der Waals surface area contributed by atoms with Crippen LogP contribution in [0.4, 0.5) is 17.1 Å². The lowest BCUT2D eigenvalue weighted by molar-refractivity contribution is -0.305. The number of carbonyl (C=O) groups is 2. The molecule has 0 radical (unpaired) electrons. The summed E-state index contributed by atoms with van der Waals surface area (Å²) in [7, 11) is 0. The number of nitrogens with one attached hydrogen (secondary N) is 1. The molecule has 1 fully saturated rings. The topological polar surface area (TPSA) is 75.7 Å². The molecule has 0 bridgehead atoms. The Morgan fingerprint density at radius 2 is 1.33 bits per heavy atom. The summed E-state index contributed by atoms with van der Waals surface area (Å²) in [6.45, 7) is 5.89. The second-order valence-corrected chi connectivity index (χ2v) is 6.78. The summed E-state index contributed by atoms with van der Waals surface area (Å²) in [5, 5.41) is 13.1. The third-order valence-corrected chi connectivity index (χ3v) is 4.75. The van der Waals surface area contributed by atoms with Gasteiger partial charge >= 0.3 is 0 Å². The number of carboxylic acids is 1. The number of nitrogens with zero attached hydrogens (tertiary/aromatic N) is 2. The summed E-state index contributed by atoms with van der Waals surface area (Å²) in [6, 6.07) is 16.3. The van der Waals surface area contributed by atoms with Crippen LogP contribution in [0.3, 0.4) is 0 Å². The molecule has 3 rings (SSSR count). The van der Waals surface area contributed by atoms with E-state index in [2.05, 4.69) is 46.3 Å². The van der Waals surface area contributed by atoms with Gasteiger partial charge in [-0.3, -0.25) is 4.79 Å². The molecule has 142 valence electrons. The molecule has 6 nitrogen and oxygen atoms in total. The highest BCUT2D eigenvalue weighted by molar-refractivity contribution is 5.92. The van der Waals surface area contributed by atoms with Crippen LogP contribution in [0.2, 0.25) is 0 Å². The fourth-order valence-corrected chi connectivity index (χ4v) is 3.17. The van der Waals surface area contributed by atoms with Crippen molar-refractivity contribution in [3.05, 3.63) is 54.1 Å². The molecular weight excluding hydrogens is 342 g/mol. The fraction of sp³-hybridized carbons (Fsp3) is 0.333. The van der Waals surface area contributed by atoms with Crippen LogP contribution < -0.4 is 20.2 Å². The normalized spacial score (nSPS) is 14.1. The molecule has 1 aliphatic rings. The number of rotatable bonds is 6. The fourth-order valence-electron chi connectivity index (χ4n) is 3.17. The van der Waals surface area contributed by atoms with Crippen LogP contribution >= 0.6 is 0 Å². The van der Waals surface area contributed by atoms with Crippen molar-refractivity contribution in [3.63, 3.8) is 0 Å². The number of hydrogen-bond donors (Lipinski definition) is 1. The SMILES string of the molecule is Cc1ccc(N2CCN(c3ccc(NC(=O)CCC(=O)[O-])cc3)CC2)cc1. The van der Waals surface area contributed by atoms with E-state index < -0.39 is 5.97 Å². The van der Waals surface area contributed by atoms with E-state index in [9.17, 15) is 14.7 Å². The third-order valence-electron chi connectivity index (χ3n) is 4.75. The Bertz CT molecular complexity index is 779. The molecule has 1 N–H and O–H groups in total. The van der Waals surface area contributed by atoms with Crippen LogP contribution in [-0.2, 0) is 9.59 Å². The number of hydrogen-bond acceptors (Lipinski definition) is 5. The van der Waals surface area contributed by atoms with Crippen molar-refractivity contribution in [2.24, 2.45) is 0 Å². The second-order valence-electron chi connectivity index (χ2n) is 6.78. The Kier molecular flexibility index (Phi) is 5.96. The number of aryl methyl sites for hydroxylation is 1. The quantitative estimate of drug-likeness (QED) is 0.844. The maximum absolute atomic E-state index is 11.7. The number of benzene rings is 2. The van der Waals surface area contributed by atoms with E-state index in [0.29, 0.717) is 5.69 Å². The van der Waals surface area contributed by atoms with Crippen LogP contribution in [0, 0.1) is 6.92 Å². The van der Waals surface area contributed by atoms with E-state index in [1.54, 1.807) is 0 Å². The molecule has 1 amide bonds.